The average Bonchev–Trinajstić information content (AvgIpc) is 3.74. The van der Waals surface area contributed by atoms with E-state index in [0.29, 0.717) is 41.2 Å². The summed E-state index contributed by atoms with van der Waals surface area (Å²) in [5.41, 5.74) is -0.0866. The Hall–Kier alpha value is -4.98. The van der Waals surface area contributed by atoms with E-state index in [2.05, 4.69) is 16.6 Å². The number of benzene rings is 2. The molecule has 0 bridgehead atoms. The van der Waals surface area contributed by atoms with Crippen LogP contribution < -0.4 is 19.5 Å². The minimum Gasteiger partial charge on any atom is -0.497 e. The van der Waals surface area contributed by atoms with Crippen molar-refractivity contribution in [1.82, 2.24) is 24.8 Å². The lowest BCUT2D eigenvalue weighted by Crippen LogP contribution is -2.58. The molecule has 0 radical (unpaired) electrons. The number of fused-ring (bicyclic) bond motifs is 1. The lowest BCUT2D eigenvalue weighted by Gasteiger charge is -2.36. The molecule has 3 heterocycles. The Balaban J connectivity index is 1.35. The SMILES string of the molecule is C=C[C@@H]1C[C@]1(NC(=O)[C@@H]1C[C@@H](Oc2cc(-c3ccccc3)nc3cc(OC)ccc23)CN1C(=O)C(CC(=O)N1CCCCC1)C(C)(C)C)C(=O)NS(=O)(=O)C(C)(C)C. The van der Waals surface area contributed by atoms with Gasteiger partial charge in [-0.1, -0.05) is 57.2 Å². The summed E-state index contributed by atoms with van der Waals surface area (Å²) in [7, 11) is -2.53. The molecule has 4 amide bonds. The van der Waals surface area contributed by atoms with Crippen molar-refractivity contribution >= 4 is 44.6 Å². The van der Waals surface area contributed by atoms with Crippen LogP contribution in [0.1, 0.15) is 80.1 Å². The van der Waals surface area contributed by atoms with Gasteiger partial charge in [-0.05, 0) is 64.0 Å². The number of pyridine rings is 1. The second-order valence-electron chi connectivity index (χ2n) is 17.9. The van der Waals surface area contributed by atoms with Crippen molar-refractivity contribution in [3.63, 3.8) is 0 Å². The number of carbonyl (C=O) groups is 4. The number of hydrogen-bond donors (Lipinski definition) is 2. The van der Waals surface area contributed by atoms with Gasteiger partial charge < -0.3 is 24.6 Å². The molecule has 3 aromatic rings. The summed E-state index contributed by atoms with van der Waals surface area (Å²) in [4.78, 5) is 65.1. The second kappa shape index (κ2) is 16.3. The van der Waals surface area contributed by atoms with Crippen LogP contribution in [0.15, 0.2) is 67.3 Å². The first kappa shape index (κ1) is 42.6. The van der Waals surface area contributed by atoms with Gasteiger partial charge in [-0.3, -0.25) is 23.9 Å². The predicted molar refractivity (Wildman–Crippen MR) is 222 cm³/mol. The molecule has 14 heteroatoms. The highest BCUT2D eigenvalue weighted by Gasteiger charge is 2.62. The maximum absolute atomic E-state index is 14.9. The van der Waals surface area contributed by atoms with Crippen molar-refractivity contribution in [2.75, 3.05) is 26.7 Å². The Morgan fingerprint density at radius 1 is 1.00 bits per heavy atom. The summed E-state index contributed by atoms with van der Waals surface area (Å²) >= 11 is 0. The Morgan fingerprint density at radius 3 is 2.29 bits per heavy atom. The molecule has 2 aliphatic heterocycles. The predicted octanol–water partition coefficient (Wildman–Crippen LogP) is 5.63. The highest BCUT2D eigenvalue weighted by atomic mass is 32.2. The molecule has 3 fully saturated rings. The van der Waals surface area contributed by atoms with Crippen LogP contribution in [0.4, 0.5) is 0 Å². The highest BCUT2D eigenvalue weighted by Crippen LogP contribution is 2.46. The van der Waals surface area contributed by atoms with Crippen LogP contribution in [0.5, 0.6) is 11.5 Å². The lowest BCUT2D eigenvalue weighted by atomic mass is 9.77. The normalized spacial score (nSPS) is 22.8. The number of methoxy groups -OCH3 is 1. The quantitative estimate of drug-likeness (QED) is 0.221. The Morgan fingerprint density at radius 2 is 1.69 bits per heavy atom. The van der Waals surface area contributed by atoms with Gasteiger partial charge in [0.2, 0.25) is 27.7 Å². The van der Waals surface area contributed by atoms with Crippen LogP contribution >= 0.6 is 0 Å². The number of carbonyl (C=O) groups excluding carboxylic acids is 4. The number of ether oxygens (including phenoxy) is 2. The van der Waals surface area contributed by atoms with Crippen molar-refractivity contribution in [2.24, 2.45) is 17.3 Å². The van der Waals surface area contributed by atoms with E-state index < -0.39 is 61.5 Å². The minimum atomic E-state index is -4.11. The third-order valence-corrected chi connectivity index (χ3v) is 13.8. The molecule has 2 N–H and O–H groups in total. The van der Waals surface area contributed by atoms with Gasteiger partial charge in [-0.2, -0.15) is 0 Å². The highest BCUT2D eigenvalue weighted by molar-refractivity contribution is 7.91. The zero-order valence-electron chi connectivity index (χ0n) is 34.7. The number of aromatic nitrogens is 1. The zero-order chi connectivity index (χ0) is 42.2. The lowest BCUT2D eigenvalue weighted by molar-refractivity contribution is -0.148. The average molecular weight is 816 g/mol. The Labute approximate surface area is 342 Å². The Bertz CT molecular complexity index is 2170. The van der Waals surface area contributed by atoms with Crippen molar-refractivity contribution < 1.29 is 37.1 Å². The number of piperidine rings is 1. The number of amides is 4. The molecule has 5 atom stereocenters. The first-order chi connectivity index (χ1) is 27.3. The largest absolute Gasteiger partial charge is 0.497 e. The molecule has 1 unspecified atom stereocenters. The van der Waals surface area contributed by atoms with Crippen LogP contribution in [0.3, 0.4) is 0 Å². The first-order valence-corrected chi connectivity index (χ1v) is 21.6. The van der Waals surface area contributed by atoms with Crippen LogP contribution in [0.25, 0.3) is 22.2 Å². The zero-order valence-corrected chi connectivity index (χ0v) is 35.5. The molecule has 13 nitrogen and oxygen atoms in total. The van der Waals surface area contributed by atoms with E-state index in [4.69, 9.17) is 14.5 Å². The van der Waals surface area contributed by atoms with Crippen molar-refractivity contribution in [3.8, 4) is 22.8 Å². The maximum Gasteiger partial charge on any atom is 0.259 e. The van der Waals surface area contributed by atoms with Gasteiger partial charge in [0.05, 0.1) is 35.5 Å². The fourth-order valence-corrected chi connectivity index (χ4v) is 8.56. The summed E-state index contributed by atoms with van der Waals surface area (Å²) in [6.07, 6.45) is 3.88. The first-order valence-electron chi connectivity index (χ1n) is 20.1. The van der Waals surface area contributed by atoms with E-state index in [1.54, 1.807) is 7.11 Å². The monoisotopic (exact) mass is 815 g/mol. The van der Waals surface area contributed by atoms with Gasteiger partial charge in [-0.25, -0.2) is 13.4 Å². The van der Waals surface area contributed by atoms with E-state index in [1.807, 2.05) is 80.3 Å². The van der Waals surface area contributed by atoms with Gasteiger partial charge in [0, 0.05) is 54.9 Å². The topological polar surface area (TPSA) is 164 Å². The second-order valence-corrected chi connectivity index (χ2v) is 20.3. The fourth-order valence-electron chi connectivity index (χ4n) is 7.83. The van der Waals surface area contributed by atoms with Gasteiger partial charge >= 0.3 is 0 Å². The van der Waals surface area contributed by atoms with Crippen LogP contribution in [-0.2, 0) is 29.2 Å². The van der Waals surface area contributed by atoms with Crippen LogP contribution in [0.2, 0.25) is 0 Å². The molecule has 312 valence electrons. The molecular formula is C44H57N5O8S. The van der Waals surface area contributed by atoms with Gasteiger partial charge in [0.25, 0.3) is 5.91 Å². The number of hydrogen-bond acceptors (Lipinski definition) is 9. The number of nitrogens with zero attached hydrogens (tertiary/aromatic N) is 3. The molecule has 1 aliphatic carbocycles. The molecule has 0 spiro atoms. The summed E-state index contributed by atoms with van der Waals surface area (Å²) in [6, 6.07) is 15.9. The smallest absolute Gasteiger partial charge is 0.259 e. The Kier molecular flexibility index (Phi) is 12.0. The van der Waals surface area contributed by atoms with Gasteiger partial charge in [-0.15, -0.1) is 6.58 Å². The van der Waals surface area contributed by atoms with Crippen LogP contribution in [0, 0.1) is 17.3 Å². The number of nitrogens with one attached hydrogen (secondary N) is 2. The maximum atomic E-state index is 14.9. The molecule has 6 rings (SSSR count). The van der Waals surface area contributed by atoms with E-state index in [9.17, 15) is 27.6 Å². The number of rotatable bonds is 12. The van der Waals surface area contributed by atoms with Crippen LogP contribution in [-0.4, -0.2) is 96.0 Å². The molecule has 58 heavy (non-hydrogen) atoms. The third kappa shape index (κ3) is 8.86. The van der Waals surface area contributed by atoms with E-state index in [-0.39, 0.29) is 37.6 Å². The summed E-state index contributed by atoms with van der Waals surface area (Å²) in [6.45, 7) is 15.3. The summed E-state index contributed by atoms with van der Waals surface area (Å²) in [5, 5.41) is 3.56. The van der Waals surface area contributed by atoms with Gasteiger partial charge in [0.1, 0.15) is 29.2 Å². The third-order valence-electron chi connectivity index (χ3n) is 11.7. The number of sulfonamides is 1. The van der Waals surface area contributed by atoms with Gasteiger partial charge in [0.15, 0.2) is 0 Å². The van der Waals surface area contributed by atoms with E-state index in [1.165, 1.54) is 31.7 Å². The molecule has 1 aromatic heterocycles. The van der Waals surface area contributed by atoms with Crippen molar-refractivity contribution in [1.29, 1.82) is 0 Å². The van der Waals surface area contributed by atoms with Crippen molar-refractivity contribution in [3.05, 3.63) is 67.3 Å². The van der Waals surface area contributed by atoms with E-state index in [0.717, 1.165) is 24.8 Å². The van der Waals surface area contributed by atoms with E-state index >= 15 is 0 Å². The number of likely N-dealkylation sites (tertiary alicyclic amines) is 2. The summed E-state index contributed by atoms with van der Waals surface area (Å²) < 4.78 is 39.3. The van der Waals surface area contributed by atoms with Crippen molar-refractivity contribution in [2.45, 2.75) is 102 Å². The molecule has 2 saturated heterocycles. The molecule has 2 aromatic carbocycles. The minimum absolute atomic E-state index is 0.0184. The molecule has 3 aliphatic rings. The summed E-state index contributed by atoms with van der Waals surface area (Å²) in [5.74, 6) is -2.17. The molecular weight excluding hydrogens is 759 g/mol. The molecule has 1 saturated carbocycles. The standard InChI is InChI=1S/C44H57N5O8S/c1-9-29-26-44(29,41(53)47-58(54,55)43(5,6)7)46-39(51)36-23-31(27-49(36)40(52)33(42(2,3)4)24-38(50)48-20-14-11-15-21-48)57-37-25-34(28-16-12-10-13-17-28)45-35-22-30(56-8)18-19-32(35)37/h9-10,12-13,16-19,22,25,29,31,33,36H,1,11,14-15,20-21,23-24,26-27H2,2-8H3,(H,46,51)(H,47,53)/t29-,31-,33?,36+,44-/m1/s1. The fraction of sp³-hybridized carbons (Fsp3) is 0.523.